The minimum atomic E-state index is -4.49. The van der Waals surface area contributed by atoms with Gasteiger partial charge >= 0.3 is 6.18 Å². The van der Waals surface area contributed by atoms with Crippen LogP contribution in [0.3, 0.4) is 0 Å². The van der Waals surface area contributed by atoms with Crippen LogP contribution < -0.4 is 5.32 Å². The van der Waals surface area contributed by atoms with Crippen molar-refractivity contribution < 1.29 is 23.1 Å². The Balaban J connectivity index is 2.09. The summed E-state index contributed by atoms with van der Waals surface area (Å²) >= 11 is 5.84. The molecule has 1 amide bonds. The van der Waals surface area contributed by atoms with Gasteiger partial charge in [0.05, 0.1) is 5.56 Å². The van der Waals surface area contributed by atoms with E-state index in [0.717, 1.165) is 12.1 Å². The maximum absolute atomic E-state index is 12.7. The number of alkyl halides is 3. The number of carbonyl (C=O) groups is 1. The van der Waals surface area contributed by atoms with Gasteiger partial charge in [0.1, 0.15) is 5.75 Å². The number of hydrogen-bond donors (Lipinski definition) is 2. The van der Waals surface area contributed by atoms with Crippen LogP contribution in [0.25, 0.3) is 11.6 Å². The summed E-state index contributed by atoms with van der Waals surface area (Å²) in [5, 5.41) is 12.6. The molecule has 0 aliphatic carbocycles. The number of rotatable bonds is 1. The highest BCUT2D eigenvalue weighted by Gasteiger charge is 2.33. The molecule has 118 valence electrons. The molecule has 0 saturated heterocycles. The number of halogens is 4. The van der Waals surface area contributed by atoms with Crippen molar-refractivity contribution in [2.45, 2.75) is 6.18 Å². The van der Waals surface area contributed by atoms with E-state index >= 15 is 0 Å². The quantitative estimate of drug-likeness (QED) is 0.748. The Morgan fingerprint density at radius 1 is 1.13 bits per heavy atom. The molecule has 0 aromatic heterocycles. The monoisotopic (exact) mass is 339 g/mol. The topological polar surface area (TPSA) is 49.3 Å². The van der Waals surface area contributed by atoms with Gasteiger partial charge in [-0.2, -0.15) is 13.2 Å². The normalized spacial score (nSPS) is 15.7. The largest absolute Gasteiger partial charge is 0.507 e. The van der Waals surface area contributed by atoms with Crippen LogP contribution in [0.15, 0.2) is 36.4 Å². The predicted octanol–water partition coefficient (Wildman–Crippen LogP) is 4.56. The van der Waals surface area contributed by atoms with E-state index in [-0.39, 0.29) is 17.0 Å². The van der Waals surface area contributed by atoms with Crippen molar-refractivity contribution in [1.82, 2.24) is 0 Å². The Hall–Kier alpha value is -2.47. The van der Waals surface area contributed by atoms with E-state index in [1.165, 1.54) is 30.3 Å². The summed E-state index contributed by atoms with van der Waals surface area (Å²) < 4.78 is 38.2. The van der Waals surface area contributed by atoms with E-state index in [0.29, 0.717) is 16.1 Å². The number of phenols is 1. The molecule has 2 N–H and O–H groups in total. The van der Waals surface area contributed by atoms with Crippen LogP contribution in [0.5, 0.6) is 5.75 Å². The molecule has 0 spiro atoms. The third-order valence-corrected chi connectivity index (χ3v) is 3.65. The number of phenolic OH excluding ortho intramolecular Hbond substituents is 1. The van der Waals surface area contributed by atoms with E-state index in [1.807, 2.05) is 0 Å². The second-order valence-electron chi connectivity index (χ2n) is 4.97. The molecule has 0 atom stereocenters. The predicted molar refractivity (Wildman–Crippen MR) is 81.1 cm³/mol. The SMILES string of the molecule is O=C1Nc2cc(C(F)(F)F)ccc2C1=Cc1cc(Cl)ccc1O. The molecular weight excluding hydrogens is 331 g/mol. The van der Waals surface area contributed by atoms with Crippen LogP contribution in [-0.4, -0.2) is 11.0 Å². The number of carbonyl (C=O) groups excluding carboxylic acids is 1. The Morgan fingerprint density at radius 3 is 2.57 bits per heavy atom. The first kappa shape index (κ1) is 15.4. The van der Waals surface area contributed by atoms with Gasteiger partial charge in [-0.1, -0.05) is 17.7 Å². The van der Waals surface area contributed by atoms with Crippen LogP contribution in [0, 0.1) is 0 Å². The Bertz CT molecular complexity index is 844. The lowest BCUT2D eigenvalue weighted by molar-refractivity contribution is -0.137. The lowest BCUT2D eigenvalue weighted by atomic mass is 10.0. The standard InChI is InChI=1S/C16H9ClF3NO2/c17-10-2-4-14(22)8(5-10)6-12-11-3-1-9(16(18,19)20)7-13(11)21-15(12)23/h1-7,22H,(H,21,23). The van der Waals surface area contributed by atoms with E-state index in [4.69, 9.17) is 11.6 Å². The molecule has 2 aromatic rings. The maximum atomic E-state index is 12.7. The van der Waals surface area contributed by atoms with Crippen molar-refractivity contribution in [3.63, 3.8) is 0 Å². The van der Waals surface area contributed by atoms with Gasteiger partial charge in [0.25, 0.3) is 5.91 Å². The van der Waals surface area contributed by atoms with Crippen LogP contribution in [0.4, 0.5) is 18.9 Å². The molecule has 7 heteroatoms. The molecule has 1 aliphatic rings. The fourth-order valence-corrected chi connectivity index (χ4v) is 2.49. The Labute approximate surface area is 134 Å². The molecule has 0 bridgehead atoms. The molecule has 3 rings (SSSR count). The highest BCUT2D eigenvalue weighted by Crippen LogP contribution is 2.39. The summed E-state index contributed by atoms with van der Waals surface area (Å²) in [6.45, 7) is 0. The summed E-state index contributed by atoms with van der Waals surface area (Å²) in [6.07, 6.45) is -3.10. The first-order valence-electron chi connectivity index (χ1n) is 6.49. The summed E-state index contributed by atoms with van der Waals surface area (Å²) in [4.78, 5) is 12.0. The van der Waals surface area contributed by atoms with Crippen molar-refractivity contribution in [2.24, 2.45) is 0 Å². The number of nitrogens with one attached hydrogen (secondary N) is 1. The molecule has 1 heterocycles. The fraction of sp³-hybridized carbons (Fsp3) is 0.0625. The van der Waals surface area contributed by atoms with Crippen molar-refractivity contribution in [3.8, 4) is 5.75 Å². The number of aromatic hydroxyl groups is 1. The third kappa shape index (κ3) is 2.90. The van der Waals surface area contributed by atoms with Crippen LogP contribution in [0.1, 0.15) is 16.7 Å². The second-order valence-corrected chi connectivity index (χ2v) is 5.41. The van der Waals surface area contributed by atoms with Gasteiger partial charge in [0.2, 0.25) is 0 Å². The highest BCUT2D eigenvalue weighted by atomic mass is 35.5. The molecule has 2 aromatic carbocycles. The van der Waals surface area contributed by atoms with Gasteiger partial charge in [0.15, 0.2) is 0 Å². The summed E-state index contributed by atoms with van der Waals surface area (Å²) in [7, 11) is 0. The van der Waals surface area contributed by atoms with Gasteiger partial charge in [-0.25, -0.2) is 0 Å². The number of anilines is 1. The third-order valence-electron chi connectivity index (χ3n) is 3.42. The Morgan fingerprint density at radius 2 is 1.87 bits per heavy atom. The van der Waals surface area contributed by atoms with Crippen molar-refractivity contribution in [1.29, 1.82) is 0 Å². The lowest BCUT2D eigenvalue weighted by Crippen LogP contribution is -2.06. The molecule has 0 saturated carbocycles. The van der Waals surface area contributed by atoms with Crippen LogP contribution in [0.2, 0.25) is 5.02 Å². The minimum absolute atomic E-state index is 0.0811. The van der Waals surface area contributed by atoms with Crippen LogP contribution >= 0.6 is 11.6 Å². The van der Waals surface area contributed by atoms with Gasteiger partial charge in [-0.15, -0.1) is 0 Å². The number of hydrogen-bond acceptors (Lipinski definition) is 2. The zero-order valence-electron chi connectivity index (χ0n) is 11.4. The van der Waals surface area contributed by atoms with Crippen molar-refractivity contribution in [2.75, 3.05) is 5.32 Å². The maximum Gasteiger partial charge on any atom is 0.416 e. The summed E-state index contributed by atoms with van der Waals surface area (Å²) in [6, 6.07) is 7.33. The second kappa shape index (κ2) is 5.31. The summed E-state index contributed by atoms with van der Waals surface area (Å²) in [5.74, 6) is -0.631. The number of fused-ring (bicyclic) bond motifs is 1. The average Bonchev–Trinajstić information content (AvgIpc) is 2.77. The van der Waals surface area contributed by atoms with E-state index < -0.39 is 17.6 Å². The summed E-state index contributed by atoms with van der Waals surface area (Å²) in [5.41, 5.74) is 0.0325. The van der Waals surface area contributed by atoms with Crippen LogP contribution in [-0.2, 0) is 11.0 Å². The van der Waals surface area contributed by atoms with Crippen molar-refractivity contribution in [3.05, 3.63) is 58.1 Å². The average molecular weight is 340 g/mol. The van der Waals surface area contributed by atoms with E-state index in [9.17, 15) is 23.1 Å². The lowest BCUT2D eigenvalue weighted by Gasteiger charge is -2.08. The van der Waals surface area contributed by atoms with E-state index in [2.05, 4.69) is 5.32 Å². The fourth-order valence-electron chi connectivity index (χ4n) is 2.31. The van der Waals surface area contributed by atoms with Crippen molar-refractivity contribution >= 4 is 34.8 Å². The highest BCUT2D eigenvalue weighted by molar-refractivity contribution is 6.35. The molecule has 0 unspecified atom stereocenters. The van der Waals surface area contributed by atoms with Gasteiger partial charge in [-0.05, 0) is 36.4 Å². The van der Waals surface area contributed by atoms with E-state index in [1.54, 1.807) is 0 Å². The number of amides is 1. The Kier molecular flexibility index (Phi) is 3.56. The molecule has 0 radical (unpaired) electrons. The smallest absolute Gasteiger partial charge is 0.416 e. The molecule has 1 aliphatic heterocycles. The molecule has 23 heavy (non-hydrogen) atoms. The molecular formula is C16H9ClF3NO2. The number of benzene rings is 2. The first-order valence-corrected chi connectivity index (χ1v) is 6.87. The zero-order valence-corrected chi connectivity index (χ0v) is 12.2. The molecule has 3 nitrogen and oxygen atoms in total. The zero-order chi connectivity index (χ0) is 16.8. The van der Waals surface area contributed by atoms with Gasteiger partial charge in [-0.3, -0.25) is 4.79 Å². The molecule has 0 fully saturated rings. The van der Waals surface area contributed by atoms with Gasteiger partial charge in [0, 0.05) is 27.4 Å². The first-order chi connectivity index (χ1) is 10.8. The minimum Gasteiger partial charge on any atom is -0.507 e. The van der Waals surface area contributed by atoms with Gasteiger partial charge < -0.3 is 10.4 Å².